The van der Waals surface area contributed by atoms with Crippen LogP contribution in [0.5, 0.6) is 5.88 Å². The van der Waals surface area contributed by atoms with Gasteiger partial charge in [-0.25, -0.2) is 9.78 Å². The molecular weight excluding hydrogens is 266 g/mol. The fourth-order valence-corrected chi connectivity index (χ4v) is 1.75. The number of anilines is 1. The number of carbonyl (C=O) groups is 1. The first-order chi connectivity index (χ1) is 10.1. The molecule has 2 rings (SSSR count). The molecule has 2 aromatic rings. The van der Waals surface area contributed by atoms with Gasteiger partial charge in [0, 0.05) is 12.7 Å². The van der Waals surface area contributed by atoms with Gasteiger partial charge in [-0.05, 0) is 31.5 Å². The van der Waals surface area contributed by atoms with Gasteiger partial charge in [-0.3, -0.25) is 0 Å². The topological polar surface area (TPSA) is 63.2 Å². The summed E-state index contributed by atoms with van der Waals surface area (Å²) in [5.41, 5.74) is 1.59. The molecule has 0 aliphatic rings. The second-order valence-electron chi connectivity index (χ2n) is 4.82. The van der Waals surface area contributed by atoms with Crippen LogP contribution in [0, 0.1) is 0 Å². The Kier molecular flexibility index (Phi) is 5.15. The Bertz CT molecular complexity index is 585. The summed E-state index contributed by atoms with van der Waals surface area (Å²) in [5, 5.41) is 5.54. The molecule has 2 N–H and O–H groups in total. The van der Waals surface area contributed by atoms with Crippen molar-refractivity contribution in [1.82, 2.24) is 10.3 Å². The van der Waals surface area contributed by atoms with Gasteiger partial charge in [0.25, 0.3) is 0 Å². The zero-order valence-electron chi connectivity index (χ0n) is 12.2. The lowest BCUT2D eigenvalue weighted by Gasteiger charge is -2.13. The molecule has 1 aromatic carbocycles. The maximum atomic E-state index is 11.9. The molecule has 0 aliphatic heterocycles. The highest BCUT2D eigenvalue weighted by Gasteiger charge is 2.09. The minimum atomic E-state index is -0.291. The largest absolute Gasteiger partial charge is 0.473 e. The van der Waals surface area contributed by atoms with Crippen LogP contribution in [-0.4, -0.2) is 17.1 Å². The SMILES string of the molecule is CC(C)Oc1ncccc1NC(=O)NCc1ccccc1. The van der Waals surface area contributed by atoms with Crippen molar-refractivity contribution in [2.24, 2.45) is 0 Å². The normalized spacial score (nSPS) is 10.2. The zero-order chi connectivity index (χ0) is 15.1. The number of nitrogens with one attached hydrogen (secondary N) is 2. The highest BCUT2D eigenvalue weighted by atomic mass is 16.5. The van der Waals surface area contributed by atoms with Crippen molar-refractivity contribution >= 4 is 11.7 Å². The molecule has 0 radical (unpaired) electrons. The summed E-state index contributed by atoms with van der Waals surface area (Å²) in [7, 11) is 0. The number of pyridine rings is 1. The van der Waals surface area contributed by atoms with Gasteiger partial charge in [0.2, 0.25) is 5.88 Å². The van der Waals surface area contributed by atoms with Gasteiger partial charge in [-0.1, -0.05) is 30.3 Å². The maximum absolute atomic E-state index is 11.9. The van der Waals surface area contributed by atoms with Crippen molar-refractivity contribution in [2.75, 3.05) is 5.32 Å². The van der Waals surface area contributed by atoms with Crippen LogP contribution < -0.4 is 15.4 Å². The molecule has 2 amide bonds. The van der Waals surface area contributed by atoms with E-state index < -0.39 is 0 Å². The van der Waals surface area contributed by atoms with Crippen molar-refractivity contribution in [1.29, 1.82) is 0 Å². The van der Waals surface area contributed by atoms with Crippen molar-refractivity contribution in [3.8, 4) is 5.88 Å². The molecule has 0 unspecified atom stereocenters. The number of hydrogen-bond donors (Lipinski definition) is 2. The summed E-state index contributed by atoms with van der Waals surface area (Å²) in [4.78, 5) is 16.0. The third-order valence-corrected chi connectivity index (χ3v) is 2.66. The van der Waals surface area contributed by atoms with Crippen LogP contribution in [0.2, 0.25) is 0 Å². The highest BCUT2D eigenvalue weighted by Crippen LogP contribution is 2.21. The summed E-state index contributed by atoms with van der Waals surface area (Å²) in [6.07, 6.45) is 1.62. The third-order valence-electron chi connectivity index (χ3n) is 2.66. The van der Waals surface area contributed by atoms with Gasteiger partial charge in [-0.2, -0.15) is 0 Å². The molecule has 0 saturated heterocycles. The standard InChI is InChI=1S/C16H19N3O2/c1-12(2)21-15-14(9-6-10-17-15)19-16(20)18-11-13-7-4-3-5-8-13/h3-10,12H,11H2,1-2H3,(H2,18,19,20). The molecule has 0 spiro atoms. The minimum Gasteiger partial charge on any atom is -0.473 e. The Morgan fingerprint density at radius 2 is 1.95 bits per heavy atom. The maximum Gasteiger partial charge on any atom is 0.319 e. The number of aromatic nitrogens is 1. The monoisotopic (exact) mass is 285 g/mol. The average Bonchev–Trinajstić information content (AvgIpc) is 2.48. The van der Waals surface area contributed by atoms with Gasteiger partial charge in [-0.15, -0.1) is 0 Å². The third kappa shape index (κ3) is 4.80. The van der Waals surface area contributed by atoms with Gasteiger partial charge >= 0.3 is 6.03 Å². The van der Waals surface area contributed by atoms with Crippen molar-refractivity contribution in [2.45, 2.75) is 26.5 Å². The van der Waals surface area contributed by atoms with E-state index in [1.165, 1.54) is 0 Å². The van der Waals surface area contributed by atoms with E-state index in [0.717, 1.165) is 5.56 Å². The van der Waals surface area contributed by atoms with Gasteiger partial charge < -0.3 is 15.4 Å². The molecule has 1 heterocycles. The summed E-state index contributed by atoms with van der Waals surface area (Å²) in [5.74, 6) is 0.419. The van der Waals surface area contributed by atoms with Crippen LogP contribution in [0.4, 0.5) is 10.5 Å². The number of urea groups is 1. The second kappa shape index (κ2) is 7.28. The van der Waals surface area contributed by atoms with Gasteiger partial charge in [0.15, 0.2) is 0 Å². The number of nitrogens with zero attached hydrogens (tertiary/aromatic N) is 1. The number of benzene rings is 1. The lowest BCUT2D eigenvalue weighted by Crippen LogP contribution is -2.28. The Hall–Kier alpha value is -2.56. The first kappa shape index (κ1) is 14.8. The smallest absolute Gasteiger partial charge is 0.319 e. The van der Waals surface area contributed by atoms with Crippen molar-refractivity contribution in [3.05, 3.63) is 54.2 Å². The molecule has 1 aromatic heterocycles. The minimum absolute atomic E-state index is 0.00664. The van der Waals surface area contributed by atoms with E-state index >= 15 is 0 Å². The summed E-state index contributed by atoms with van der Waals surface area (Å²) < 4.78 is 5.56. The van der Waals surface area contributed by atoms with E-state index in [1.807, 2.05) is 44.2 Å². The van der Waals surface area contributed by atoms with E-state index in [2.05, 4.69) is 15.6 Å². The lowest BCUT2D eigenvalue weighted by molar-refractivity contribution is 0.233. The van der Waals surface area contributed by atoms with E-state index in [4.69, 9.17) is 4.74 Å². The van der Waals surface area contributed by atoms with E-state index in [-0.39, 0.29) is 12.1 Å². The van der Waals surface area contributed by atoms with E-state index in [1.54, 1.807) is 18.3 Å². The van der Waals surface area contributed by atoms with Crippen LogP contribution in [0.1, 0.15) is 19.4 Å². The molecular formula is C16H19N3O2. The Labute approximate surface area is 124 Å². The number of amides is 2. The van der Waals surface area contributed by atoms with Crippen LogP contribution in [-0.2, 0) is 6.54 Å². The van der Waals surface area contributed by atoms with Gasteiger partial charge in [0.1, 0.15) is 5.69 Å². The quantitative estimate of drug-likeness (QED) is 0.886. The van der Waals surface area contributed by atoms with Gasteiger partial charge in [0.05, 0.1) is 6.10 Å². The Balaban J connectivity index is 1.93. The first-order valence-corrected chi connectivity index (χ1v) is 6.85. The predicted octanol–water partition coefficient (Wildman–Crippen LogP) is 3.19. The highest BCUT2D eigenvalue weighted by molar-refractivity contribution is 5.90. The molecule has 110 valence electrons. The molecule has 0 aliphatic carbocycles. The first-order valence-electron chi connectivity index (χ1n) is 6.85. The molecule has 0 saturated carbocycles. The van der Waals surface area contributed by atoms with Crippen LogP contribution >= 0.6 is 0 Å². The van der Waals surface area contributed by atoms with Crippen molar-refractivity contribution < 1.29 is 9.53 Å². The summed E-state index contributed by atoms with van der Waals surface area (Å²) in [6, 6.07) is 12.9. The number of hydrogen-bond acceptors (Lipinski definition) is 3. The Morgan fingerprint density at radius 3 is 2.67 bits per heavy atom. The molecule has 0 bridgehead atoms. The molecule has 21 heavy (non-hydrogen) atoms. The summed E-state index contributed by atoms with van der Waals surface area (Å²) in [6.45, 7) is 4.29. The zero-order valence-corrected chi connectivity index (χ0v) is 12.2. The van der Waals surface area contributed by atoms with E-state index in [0.29, 0.717) is 18.1 Å². The van der Waals surface area contributed by atoms with Crippen molar-refractivity contribution in [3.63, 3.8) is 0 Å². The van der Waals surface area contributed by atoms with Crippen LogP contribution in [0.25, 0.3) is 0 Å². The van der Waals surface area contributed by atoms with Crippen LogP contribution in [0.3, 0.4) is 0 Å². The van der Waals surface area contributed by atoms with Crippen LogP contribution in [0.15, 0.2) is 48.7 Å². The Morgan fingerprint density at radius 1 is 1.19 bits per heavy atom. The molecule has 5 heteroatoms. The summed E-state index contributed by atoms with van der Waals surface area (Å²) >= 11 is 0. The number of rotatable bonds is 5. The number of carbonyl (C=O) groups excluding carboxylic acids is 1. The fraction of sp³-hybridized carbons (Fsp3) is 0.250. The second-order valence-corrected chi connectivity index (χ2v) is 4.82. The number of ether oxygens (including phenoxy) is 1. The molecule has 0 fully saturated rings. The predicted molar refractivity (Wildman–Crippen MR) is 82.3 cm³/mol. The molecule has 5 nitrogen and oxygen atoms in total. The van der Waals surface area contributed by atoms with E-state index in [9.17, 15) is 4.79 Å². The fourth-order valence-electron chi connectivity index (χ4n) is 1.75. The lowest BCUT2D eigenvalue weighted by atomic mass is 10.2. The molecule has 0 atom stereocenters. The average molecular weight is 285 g/mol.